The fourth-order valence-corrected chi connectivity index (χ4v) is 3.20. The zero-order valence-electron chi connectivity index (χ0n) is 11.3. The molecule has 1 aromatic carbocycles. The number of rotatable bonds is 4. The van der Waals surface area contributed by atoms with Crippen LogP contribution in [0.2, 0.25) is 0 Å². The molecule has 1 fully saturated rings. The van der Waals surface area contributed by atoms with Gasteiger partial charge in [-0.25, -0.2) is 8.42 Å². The van der Waals surface area contributed by atoms with Crippen molar-refractivity contribution in [3.05, 3.63) is 23.8 Å². The quantitative estimate of drug-likeness (QED) is 0.873. The fourth-order valence-electron chi connectivity index (χ4n) is 2.32. The Kier molecular flexibility index (Phi) is 4.44. The van der Waals surface area contributed by atoms with Crippen molar-refractivity contribution in [2.24, 2.45) is 0 Å². The van der Waals surface area contributed by atoms with Gasteiger partial charge in [0.15, 0.2) is 9.84 Å². The van der Waals surface area contributed by atoms with Gasteiger partial charge in [-0.15, -0.1) is 0 Å². The van der Waals surface area contributed by atoms with Crippen LogP contribution in [0.25, 0.3) is 0 Å². The number of hydrogen-bond acceptors (Lipinski definition) is 5. The summed E-state index contributed by atoms with van der Waals surface area (Å²) in [5.74, 6) is 0.475. The molecule has 0 atom stereocenters. The third-order valence-corrected chi connectivity index (χ3v) is 4.39. The number of ether oxygens (including phenoxy) is 1. The zero-order chi connectivity index (χ0) is 13.9. The lowest BCUT2D eigenvalue weighted by molar-refractivity contribution is 0.229. The molecule has 0 spiro atoms. The molecule has 0 unspecified atom stereocenters. The van der Waals surface area contributed by atoms with Gasteiger partial charge in [-0.2, -0.15) is 0 Å². The molecule has 1 heterocycles. The first-order valence-electron chi connectivity index (χ1n) is 6.31. The van der Waals surface area contributed by atoms with Gasteiger partial charge in [0.1, 0.15) is 10.6 Å². The van der Waals surface area contributed by atoms with Crippen molar-refractivity contribution < 1.29 is 13.2 Å². The summed E-state index contributed by atoms with van der Waals surface area (Å²) in [6, 6.07) is 5.29. The van der Waals surface area contributed by atoms with Crippen molar-refractivity contribution in [3.63, 3.8) is 0 Å². The molecule has 1 aliphatic heterocycles. The van der Waals surface area contributed by atoms with E-state index in [4.69, 9.17) is 4.74 Å². The largest absolute Gasteiger partial charge is 0.495 e. The van der Waals surface area contributed by atoms with E-state index in [2.05, 4.69) is 10.2 Å². The van der Waals surface area contributed by atoms with Crippen LogP contribution in [0, 0.1) is 0 Å². The van der Waals surface area contributed by atoms with Crippen LogP contribution in [-0.4, -0.2) is 52.9 Å². The maximum atomic E-state index is 11.8. The highest BCUT2D eigenvalue weighted by Gasteiger charge is 2.19. The van der Waals surface area contributed by atoms with Crippen LogP contribution < -0.4 is 10.1 Å². The SMILES string of the molecule is COc1c(CN2CCNCC2)cccc1S(C)(=O)=O. The first-order valence-corrected chi connectivity index (χ1v) is 8.20. The average molecular weight is 284 g/mol. The third-order valence-electron chi connectivity index (χ3n) is 3.27. The molecule has 0 saturated carbocycles. The molecule has 6 heteroatoms. The summed E-state index contributed by atoms with van der Waals surface area (Å²) in [6.07, 6.45) is 1.21. The van der Waals surface area contributed by atoms with E-state index in [0.29, 0.717) is 12.3 Å². The molecule has 0 amide bonds. The second kappa shape index (κ2) is 5.90. The molecule has 5 nitrogen and oxygen atoms in total. The van der Waals surface area contributed by atoms with Crippen molar-refractivity contribution >= 4 is 9.84 Å². The van der Waals surface area contributed by atoms with Gasteiger partial charge >= 0.3 is 0 Å². The molecule has 0 aliphatic carbocycles. The Balaban J connectivity index is 2.29. The second-order valence-corrected chi connectivity index (χ2v) is 6.73. The Bertz CT molecular complexity index is 537. The number of benzene rings is 1. The van der Waals surface area contributed by atoms with Gasteiger partial charge in [-0.3, -0.25) is 4.90 Å². The second-order valence-electron chi connectivity index (χ2n) is 4.75. The lowest BCUT2D eigenvalue weighted by Crippen LogP contribution is -2.42. The van der Waals surface area contributed by atoms with Crippen LogP contribution in [0.5, 0.6) is 5.75 Å². The number of sulfone groups is 1. The Labute approximate surface area is 114 Å². The molecule has 0 aromatic heterocycles. The topological polar surface area (TPSA) is 58.6 Å². The lowest BCUT2D eigenvalue weighted by Gasteiger charge is -2.28. The number of nitrogens with zero attached hydrogens (tertiary/aromatic N) is 1. The van der Waals surface area contributed by atoms with Gasteiger partial charge in [0.05, 0.1) is 7.11 Å². The van der Waals surface area contributed by atoms with E-state index in [-0.39, 0.29) is 4.90 Å². The van der Waals surface area contributed by atoms with Crippen LogP contribution in [0.4, 0.5) is 0 Å². The molecule has 2 rings (SSSR count). The van der Waals surface area contributed by atoms with Crippen LogP contribution in [0.15, 0.2) is 23.1 Å². The van der Waals surface area contributed by atoms with Crippen molar-refractivity contribution in [2.75, 3.05) is 39.5 Å². The van der Waals surface area contributed by atoms with Crippen LogP contribution >= 0.6 is 0 Å². The zero-order valence-corrected chi connectivity index (χ0v) is 12.2. The number of para-hydroxylation sites is 1. The van der Waals surface area contributed by atoms with E-state index in [1.54, 1.807) is 12.1 Å². The Morgan fingerprint density at radius 2 is 2.00 bits per heavy atom. The molecule has 1 saturated heterocycles. The summed E-state index contributed by atoms with van der Waals surface area (Å²) in [6.45, 7) is 4.58. The Hall–Kier alpha value is -1.11. The summed E-state index contributed by atoms with van der Waals surface area (Å²) < 4.78 is 28.8. The van der Waals surface area contributed by atoms with E-state index < -0.39 is 9.84 Å². The number of hydrogen-bond donors (Lipinski definition) is 1. The van der Waals surface area contributed by atoms with E-state index in [1.807, 2.05) is 6.07 Å². The third kappa shape index (κ3) is 3.46. The van der Waals surface area contributed by atoms with Gasteiger partial charge in [0.25, 0.3) is 0 Å². The maximum Gasteiger partial charge on any atom is 0.179 e. The highest BCUT2D eigenvalue weighted by atomic mass is 32.2. The predicted molar refractivity (Wildman–Crippen MR) is 74.3 cm³/mol. The molecular weight excluding hydrogens is 264 g/mol. The van der Waals surface area contributed by atoms with Gasteiger partial charge in [0, 0.05) is 44.5 Å². The summed E-state index contributed by atoms with van der Waals surface area (Å²) in [4.78, 5) is 2.56. The molecule has 1 N–H and O–H groups in total. The first kappa shape index (κ1) is 14.3. The standard InChI is InChI=1S/C13H20N2O3S/c1-18-13-11(10-15-8-6-14-7-9-15)4-3-5-12(13)19(2,16)17/h3-5,14H,6-10H2,1-2H3. The average Bonchev–Trinajstić information content (AvgIpc) is 2.38. The first-order chi connectivity index (χ1) is 9.02. The fraction of sp³-hybridized carbons (Fsp3) is 0.538. The normalized spacial score (nSPS) is 17.4. The monoisotopic (exact) mass is 284 g/mol. The minimum atomic E-state index is -3.26. The van der Waals surface area contributed by atoms with Crippen molar-refractivity contribution in [1.29, 1.82) is 0 Å². The number of nitrogens with one attached hydrogen (secondary N) is 1. The summed E-state index contributed by atoms with van der Waals surface area (Å²) in [5, 5.41) is 3.30. The molecule has 1 aliphatic rings. The Morgan fingerprint density at radius 3 is 2.58 bits per heavy atom. The molecule has 1 aromatic rings. The van der Waals surface area contributed by atoms with E-state index >= 15 is 0 Å². The van der Waals surface area contributed by atoms with Gasteiger partial charge in [0.2, 0.25) is 0 Å². The highest BCUT2D eigenvalue weighted by molar-refractivity contribution is 7.90. The molecule has 19 heavy (non-hydrogen) atoms. The van der Waals surface area contributed by atoms with Gasteiger partial charge in [-0.1, -0.05) is 12.1 Å². The van der Waals surface area contributed by atoms with E-state index in [0.717, 1.165) is 31.7 Å². The molecule has 0 bridgehead atoms. The predicted octanol–water partition coefficient (Wildman–Crippen LogP) is 0.504. The maximum absolute atomic E-state index is 11.8. The van der Waals surface area contributed by atoms with Crippen molar-refractivity contribution in [1.82, 2.24) is 10.2 Å². The lowest BCUT2D eigenvalue weighted by atomic mass is 10.1. The summed E-state index contributed by atoms with van der Waals surface area (Å²) in [7, 11) is -1.75. The molecular formula is C13H20N2O3S. The summed E-state index contributed by atoms with van der Waals surface area (Å²) in [5.41, 5.74) is 0.923. The minimum absolute atomic E-state index is 0.266. The van der Waals surface area contributed by atoms with E-state index in [9.17, 15) is 8.42 Å². The summed E-state index contributed by atoms with van der Waals surface area (Å²) >= 11 is 0. The Morgan fingerprint density at radius 1 is 1.32 bits per heavy atom. The van der Waals surface area contributed by atoms with Gasteiger partial charge < -0.3 is 10.1 Å². The smallest absolute Gasteiger partial charge is 0.179 e. The number of methoxy groups -OCH3 is 1. The highest BCUT2D eigenvalue weighted by Crippen LogP contribution is 2.28. The van der Waals surface area contributed by atoms with Crippen LogP contribution in [0.1, 0.15) is 5.56 Å². The van der Waals surface area contributed by atoms with Crippen molar-refractivity contribution in [3.8, 4) is 5.75 Å². The van der Waals surface area contributed by atoms with Crippen LogP contribution in [0.3, 0.4) is 0 Å². The van der Waals surface area contributed by atoms with Crippen molar-refractivity contribution in [2.45, 2.75) is 11.4 Å². The van der Waals surface area contributed by atoms with E-state index in [1.165, 1.54) is 13.4 Å². The molecule has 0 radical (unpaired) electrons. The minimum Gasteiger partial charge on any atom is -0.495 e. The molecule has 106 valence electrons. The van der Waals surface area contributed by atoms with Crippen LogP contribution in [-0.2, 0) is 16.4 Å². The number of piperazine rings is 1. The van der Waals surface area contributed by atoms with Gasteiger partial charge in [-0.05, 0) is 6.07 Å².